The normalized spacial score (nSPS) is 11.5. The summed E-state index contributed by atoms with van der Waals surface area (Å²) < 4.78 is 24.7. The lowest BCUT2D eigenvalue weighted by atomic mass is 10.2. The van der Waals surface area contributed by atoms with Crippen LogP contribution in [0.4, 0.5) is 39.4 Å². The third-order valence-electron chi connectivity index (χ3n) is 5.27. The number of primary amides is 1. The summed E-state index contributed by atoms with van der Waals surface area (Å²) in [5.41, 5.74) is 7.62. The van der Waals surface area contributed by atoms with Gasteiger partial charge in [0.25, 0.3) is 0 Å². The van der Waals surface area contributed by atoms with Crippen molar-refractivity contribution in [1.29, 1.82) is 0 Å². The smallest absolute Gasteiger partial charge is 0.316 e. The Morgan fingerprint density at radius 3 is 2.42 bits per heavy atom. The lowest BCUT2D eigenvalue weighted by Gasteiger charge is -2.16. The first-order valence-electron chi connectivity index (χ1n) is 11.9. The van der Waals surface area contributed by atoms with Crippen molar-refractivity contribution in [3.05, 3.63) is 47.2 Å². The number of nitrogens with zero attached hydrogens (tertiary/aromatic N) is 6. The summed E-state index contributed by atoms with van der Waals surface area (Å²) in [5, 5.41) is 14.1. The van der Waals surface area contributed by atoms with E-state index in [4.69, 9.17) is 17.3 Å². The van der Waals surface area contributed by atoms with Crippen molar-refractivity contribution in [1.82, 2.24) is 15.0 Å². The van der Waals surface area contributed by atoms with Crippen LogP contribution >= 0.6 is 11.6 Å². The number of nitrogens with two attached hydrogens (primary N) is 1. The molecule has 0 radical (unpaired) electrons. The SMILES string of the molecule is CCCN(C)c1nc(Cl)nc(Nc2ccc(N=Nc3ccc(S(=O)(=O)CCC)cc3C)c(NC(N)=O)c2)n1. The van der Waals surface area contributed by atoms with Gasteiger partial charge in [-0.1, -0.05) is 13.8 Å². The monoisotopic (exact) mass is 559 g/mol. The Labute approximate surface area is 226 Å². The fourth-order valence-corrected chi connectivity index (χ4v) is 5.05. The Kier molecular flexibility index (Phi) is 9.53. The van der Waals surface area contributed by atoms with Gasteiger partial charge in [0.05, 0.1) is 22.0 Å². The van der Waals surface area contributed by atoms with Crippen LogP contribution in [0, 0.1) is 6.92 Å². The third-order valence-corrected chi connectivity index (χ3v) is 7.36. The molecule has 0 bridgehead atoms. The standard InChI is InChI=1S/C24H30ClN9O3S/c1-5-11-34(4)24-30-21(25)29-23(31-24)27-16-7-9-19(20(14-16)28-22(26)35)33-32-18-10-8-17(13-15(18)3)38(36,37)12-6-2/h7-10,13-14H,5-6,11-12H2,1-4H3,(H3,26,28,35)(H,27,29,30,31). The molecule has 12 nitrogen and oxygen atoms in total. The summed E-state index contributed by atoms with van der Waals surface area (Å²) >= 11 is 6.09. The van der Waals surface area contributed by atoms with Gasteiger partial charge >= 0.3 is 6.03 Å². The first-order valence-corrected chi connectivity index (χ1v) is 13.9. The van der Waals surface area contributed by atoms with Gasteiger partial charge in [-0.15, -0.1) is 5.11 Å². The highest BCUT2D eigenvalue weighted by Gasteiger charge is 2.15. The summed E-state index contributed by atoms with van der Waals surface area (Å²) in [7, 11) is -1.49. The molecule has 0 fully saturated rings. The van der Waals surface area contributed by atoms with Crippen LogP contribution in [-0.2, 0) is 9.84 Å². The van der Waals surface area contributed by atoms with Crippen molar-refractivity contribution >= 4 is 62.1 Å². The number of rotatable bonds is 11. The van der Waals surface area contributed by atoms with Gasteiger partial charge in [0.15, 0.2) is 9.84 Å². The minimum atomic E-state index is -3.35. The number of hydrogen-bond acceptors (Lipinski definition) is 10. The van der Waals surface area contributed by atoms with Crippen molar-refractivity contribution in [2.75, 3.05) is 34.9 Å². The van der Waals surface area contributed by atoms with E-state index in [0.29, 0.717) is 35.0 Å². The molecular formula is C24H30ClN9O3S. The first-order chi connectivity index (χ1) is 18.0. The summed E-state index contributed by atoms with van der Waals surface area (Å²) in [6.45, 7) is 6.34. The molecule has 1 heterocycles. The van der Waals surface area contributed by atoms with Crippen LogP contribution in [0.2, 0.25) is 5.28 Å². The molecule has 0 saturated carbocycles. The number of aromatic nitrogens is 3. The van der Waals surface area contributed by atoms with Crippen molar-refractivity contribution in [2.24, 2.45) is 16.0 Å². The van der Waals surface area contributed by atoms with E-state index in [2.05, 4.69) is 35.8 Å². The summed E-state index contributed by atoms with van der Waals surface area (Å²) in [6.07, 6.45) is 1.43. The van der Waals surface area contributed by atoms with Crippen LogP contribution in [0.1, 0.15) is 32.3 Å². The van der Waals surface area contributed by atoms with Crippen molar-refractivity contribution in [3.63, 3.8) is 0 Å². The van der Waals surface area contributed by atoms with E-state index in [-0.39, 0.29) is 27.6 Å². The maximum atomic E-state index is 12.4. The van der Waals surface area contributed by atoms with E-state index in [0.717, 1.165) is 13.0 Å². The average molecular weight is 560 g/mol. The number of halogens is 1. The third kappa shape index (κ3) is 7.59. The van der Waals surface area contributed by atoms with Crippen molar-refractivity contribution in [2.45, 2.75) is 38.5 Å². The molecule has 3 aromatic rings. The van der Waals surface area contributed by atoms with Gasteiger partial charge in [-0.05, 0) is 73.3 Å². The molecule has 0 aliphatic rings. The van der Waals surface area contributed by atoms with E-state index >= 15 is 0 Å². The van der Waals surface area contributed by atoms with Gasteiger partial charge in [-0.3, -0.25) is 0 Å². The number of carbonyl (C=O) groups is 1. The highest BCUT2D eigenvalue weighted by Crippen LogP contribution is 2.32. The number of amides is 2. The Bertz CT molecular complexity index is 1450. The zero-order chi connectivity index (χ0) is 27.9. The summed E-state index contributed by atoms with van der Waals surface area (Å²) in [5.74, 6) is 0.707. The lowest BCUT2D eigenvalue weighted by Crippen LogP contribution is -2.21. The molecule has 0 aliphatic heterocycles. The van der Waals surface area contributed by atoms with Crippen molar-refractivity contribution < 1.29 is 13.2 Å². The Morgan fingerprint density at radius 2 is 1.76 bits per heavy atom. The lowest BCUT2D eigenvalue weighted by molar-refractivity contribution is 0.259. The number of benzene rings is 2. The Hall–Kier alpha value is -3.84. The number of carbonyl (C=O) groups excluding carboxylic acids is 1. The van der Waals surface area contributed by atoms with Crippen LogP contribution in [0.5, 0.6) is 0 Å². The quantitative estimate of drug-likeness (QED) is 0.258. The number of sulfone groups is 1. The number of anilines is 4. The minimum absolute atomic E-state index is 0.0326. The highest BCUT2D eigenvalue weighted by atomic mass is 35.5. The molecule has 0 atom stereocenters. The number of urea groups is 1. The first kappa shape index (κ1) is 28.7. The van der Waals surface area contributed by atoms with Crippen LogP contribution in [0.25, 0.3) is 0 Å². The maximum Gasteiger partial charge on any atom is 0.316 e. The van der Waals surface area contributed by atoms with Gasteiger partial charge in [-0.2, -0.15) is 20.1 Å². The number of hydrogen-bond donors (Lipinski definition) is 3. The number of azo groups is 1. The molecule has 3 rings (SSSR count). The highest BCUT2D eigenvalue weighted by molar-refractivity contribution is 7.91. The molecule has 202 valence electrons. The molecule has 4 N–H and O–H groups in total. The zero-order valence-electron chi connectivity index (χ0n) is 21.6. The fraction of sp³-hybridized carbons (Fsp3) is 0.333. The van der Waals surface area contributed by atoms with Gasteiger partial charge < -0.3 is 21.3 Å². The number of aryl methyl sites for hydroxylation is 1. The molecular weight excluding hydrogens is 530 g/mol. The molecule has 0 spiro atoms. The second-order valence-electron chi connectivity index (χ2n) is 8.46. The Morgan fingerprint density at radius 1 is 1.05 bits per heavy atom. The van der Waals surface area contributed by atoms with Gasteiger partial charge in [0.1, 0.15) is 5.69 Å². The topological polar surface area (TPSA) is 168 Å². The van der Waals surface area contributed by atoms with Crippen LogP contribution in [0.3, 0.4) is 0 Å². The fourth-order valence-electron chi connectivity index (χ4n) is 3.49. The van der Waals surface area contributed by atoms with Crippen LogP contribution in [-0.4, -0.2) is 48.7 Å². The van der Waals surface area contributed by atoms with Gasteiger partial charge in [0.2, 0.25) is 17.2 Å². The zero-order valence-corrected chi connectivity index (χ0v) is 23.1. The largest absolute Gasteiger partial charge is 0.351 e. The van der Waals surface area contributed by atoms with E-state index in [1.54, 1.807) is 37.3 Å². The molecule has 14 heteroatoms. The van der Waals surface area contributed by atoms with E-state index < -0.39 is 15.9 Å². The number of nitrogens with one attached hydrogen (secondary N) is 2. The molecule has 38 heavy (non-hydrogen) atoms. The summed E-state index contributed by atoms with van der Waals surface area (Å²) in [4.78, 5) is 26.4. The predicted octanol–water partition coefficient (Wildman–Crippen LogP) is 5.51. The molecule has 0 unspecified atom stereocenters. The maximum absolute atomic E-state index is 12.4. The Balaban J connectivity index is 1.88. The molecule has 2 amide bonds. The average Bonchev–Trinajstić information content (AvgIpc) is 2.83. The summed E-state index contributed by atoms with van der Waals surface area (Å²) in [6, 6.07) is 8.80. The van der Waals surface area contributed by atoms with Gasteiger partial charge in [0, 0.05) is 19.3 Å². The second kappa shape index (κ2) is 12.6. The van der Waals surface area contributed by atoms with E-state index in [1.807, 2.05) is 25.8 Å². The van der Waals surface area contributed by atoms with E-state index in [9.17, 15) is 13.2 Å². The molecule has 1 aromatic heterocycles. The molecule has 2 aromatic carbocycles. The van der Waals surface area contributed by atoms with E-state index in [1.165, 1.54) is 6.07 Å². The minimum Gasteiger partial charge on any atom is -0.351 e. The predicted molar refractivity (Wildman–Crippen MR) is 149 cm³/mol. The van der Waals surface area contributed by atoms with Crippen LogP contribution < -0.4 is 21.3 Å². The second-order valence-corrected chi connectivity index (χ2v) is 10.9. The van der Waals surface area contributed by atoms with Crippen LogP contribution in [0.15, 0.2) is 51.5 Å². The molecule has 0 aliphatic carbocycles. The molecule has 0 saturated heterocycles. The van der Waals surface area contributed by atoms with Crippen molar-refractivity contribution in [3.8, 4) is 0 Å². The van der Waals surface area contributed by atoms with Gasteiger partial charge in [-0.25, -0.2) is 13.2 Å².